The lowest BCUT2D eigenvalue weighted by Crippen LogP contribution is -2.07. The quantitative estimate of drug-likeness (QED) is 0.772. The van der Waals surface area contributed by atoms with E-state index in [1.165, 1.54) is 30.0 Å². The van der Waals surface area contributed by atoms with Crippen molar-refractivity contribution in [3.8, 4) is 0 Å². The molecule has 2 nitrogen and oxygen atoms in total. The molecule has 0 atom stereocenters. The molecule has 0 unspecified atom stereocenters. The summed E-state index contributed by atoms with van der Waals surface area (Å²) in [6.07, 6.45) is 6.62. The number of halogens is 1. The number of rotatable bonds is 1. The van der Waals surface area contributed by atoms with Crippen LogP contribution < -0.4 is 0 Å². The van der Waals surface area contributed by atoms with Crippen LogP contribution in [0.4, 0.5) is 0 Å². The van der Waals surface area contributed by atoms with E-state index in [1.54, 1.807) is 0 Å². The first kappa shape index (κ1) is 10.5. The SMILES string of the molecule is Clc1cccn2cc(C3CCSCC3)nc12. The lowest BCUT2D eigenvalue weighted by atomic mass is 10.00. The molecule has 0 aromatic carbocycles. The second kappa shape index (κ2) is 4.30. The largest absolute Gasteiger partial charge is 0.306 e. The van der Waals surface area contributed by atoms with Crippen LogP contribution in [-0.2, 0) is 0 Å². The van der Waals surface area contributed by atoms with Crippen LogP contribution in [0.15, 0.2) is 24.5 Å². The third-order valence-corrected chi connectivity index (χ3v) is 4.44. The summed E-state index contributed by atoms with van der Waals surface area (Å²) in [7, 11) is 0. The Labute approximate surface area is 104 Å². The normalized spacial score (nSPS) is 18.1. The van der Waals surface area contributed by atoms with Crippen molar-refractivity contribution in [3.05, 3.63) is 35.2 Å². The molecule has 16 heavy (non-hydrogen) atoms. The number of hydrogen-bond acceptors (Lipinski definition) is 2. The van der Waals surface area contributed by atoms with E-state index in [0.717, 1.165) is 10.7 Å². The van der Waals surface area contributed by atoms with Crippen LogP contribution in [0, 0.1) is 0 Å². The van der Waals surface area contributed by atoms with Gasteiger partial charge in [0.1, 0.15) is 0 Å². The molecule has 2 aromatic heterocycles. The molecule has 0 spiro atoms. The first-order valence-electron chi connectivity index (χ1n) is 5.55. The van der Waals surface area contributed by atoms with Crippen molar-refractivity contribution in [2.24, 2.45) is 0 Å². The average Bonchev–Trinajstić information content (AvgIpc) is 2.76. The molecule has 0 N–H and O–H groups in total. The van der Waals surface area contributed by atoms with Gasteiger partial charge in [-0.3, -0.25) is 0 Å². The van der Waals surface area contributed by atoms with Gasteiger partial charge in [0.25, 0.3) is 0 Å². The van der Waals surface area contributed by atoms with E-state index < -0.39 is 0 Å². The Morgan fingerprint density at radius 1 is 1.38 bits per heavy atom. The predicted molar refractivity (Wildman–Crippen MR) is 69.5 cm³/mol. The van der Waals surface area contributed by atoms with Crippen molar-refractivity contribution in [1.82, 2.24) is 9.38 Å². The van der Waals surface area contributed by atoms with Crippen LogP contribution in [0.25, 0.3) is 5.65 Å². The van der Waals surface area contributed by atoms with Gasteiger partial charge in [0.2, 0.25) is 0 Å². The summed E-state index contributed by atoms with van der Waals surface area (Å²) < 4.78 is 2.03. The van der Waals surface area contributed by atoms with Gasteiger partial charge in [0.15, 0.2) is 5.65 Å². The summed E-state index contributed by atoms with van der Waals surface area (Å²) in [6.45, 7) is 0. The molecule has 1 saturated heterocycles. The van der Waals surface area contributed by atoms with Crippen LogP contribution in [0.3, 0.4) is 0 Å². The van der Waals surface area contributed by atoms with E-state index in [4.69, 9.17) is 11.6 Å². The second-order valence-corrected chi connectivity index (χ2v) is 5.77. The maximum Gasteiger partial charge on any atom is 0.155 e. The standard InChI is InChI=1S/C12H13ClN2S/c13-10-2-1-5-15-8-11(14-12(10)15)9-3-6-16-7-4-9/h1-2,5,8-9H,3-4,6-7H2. The highest BCUT2D eigenvalue weighted by Gasteiger charge is 2.18. The van der Waals surface area contributed by atoms with Crippen molar-refractivity contribution in [2.45, 2.75) is 18.8 Å². The van der Waals surface area contributed by atoms with Crippen molar-refractivity contribution in [3.63, 3.8) is 0 Å². The van der Waals surface area contributed by atoms with Gasteiger partial charge in [-0.25, -0.2) is 4.98 Å². The summed E-state index contributed by atoms with van der Waals surface area (Å²) in [4.78, 5) is 4.66. The fraction of sp³-hybridized carbons (Fsp3) is 0.417. The second-order valence-electron chi connectivity index (χ2n) is 4.14. The van der Waals surface area contributed by atoms with E-state index in [0.29, 0.717) is 5.92 Å². The zero-order chi connectivity index (χ0) is 11.0. The van der Waals surface area contributed by atoms with Gasteiger partial charge in [-0.05, 0) is 36.5 Å². The number of imidazole rings is 1. The molecule has 1 fully saturated rings. The topological polar surface area (TPSA) is 17.3 Å². The molecule has 84 valence electrons. The van der Waals surface area contributed by atoms with Gasteiger partial charge in [0, 0.05) is 18.3 Å². The highest BCUT2D eigenvalue weighted by atomic mass is 35.5. The number of pyridine rings is 1. The van der Waals surface area contributed by atoms with Gasteiger partial charge in [-0.2, -0.15) is 11.8 Å². The Morgan fingerprint density at radius 2 is 2.19 bits per heavy atom. The fourth-order valence-corrected chi connectivity index (χ4v) is 3.51. The Balaban J connectivity index is 2.01. The van der Waals surface area contributed by atoms with E-state index in [2.05, 4.69) is 11.2 Å². The first-order valence-corrected chi connectivity index (χ1v) is 7.09. The monoisotopic (exact) mass is 252 g/mol. The molecule has 0 saturated carbocycles. The van der Waals surface area contributed by atoms with Crippen LogP contribution in [0.5, 0.6) is 0 Å². The van der Waals surface area contributed by atoms with Crippen LogP contribution in [-0.4, -0.2) is 20.9 Å². The molecule has 3 heterocycles. The van der Waals surface area contributed by atoms with Crippen molar-refractivity contribution in [2.75, 3.05) is 11.5 Å². The van der Waals surface area contributed by atoms with Gasteiger partial charge in [-0.1, -0.05) is 11.6 Å². The molecule has 1 aliphatic rings. The Hall–Kier alpha value is -0.670. The fourth-order valence-electron chi connectivity index (χ4n) is 2.19. The van der Waals surface area contributed by atoms with E-state index >= 15 is 0 Å². The summed E-state index contributed by atoms with van der Waals surface area (Å²) in [5.74, 6) is 3.13. The number of hydrogen-bond donors (Lipinski definition) is 0. The van der Waals surface area contributed by atoms with Gasteiger partial charge in [0.05, 0.1) is 10.7 Å². The molecule has 0 amide bonds. The number of nitrogens with zero attached hydrogens (tertiary/aromatic N) is 2. The Morgan fingerprint density at radius 3 is 2.94 bits per heavy atom. The van der Waals surface area contributed by atoms with Crippen LogP contribution in [0.2, 0.25) is 5.02 Å². The summed E-state index contributed by atoms with van der Waals surface area (Å²) in [5.41, 5.74) is 2.09. The van der Waals surface area contributed by atoms with Gasteiger partial charge >= 0.3 is 0 Å². The summed E-state index contributed by atoms with van der Waals surface area (Å²) in [6, 6.07) is 3.85. The van der Waals surface area contributed by atoms with E-state index in [9.17, 15) is 0 Å². The smallest absolute Gasteiger partial charge is 0.155 e. The Bertz CT molecular complexity index is 503. The average molecular weight is 253 g/mol. The minimum atomic E-state index is 0.622. The molecule has 0 aliphatic carbocycles. The first-order chi connectivity index (χ1) is 7.84. The lowest BCUT2D eigenvalue weighted by Gasteiger charge is -2.18. The lowest BCUT2D eigenvalue weighted by molar-refractivity contribution is 0.623. The third kappa shape index (κ3) is 1.82. The number of thioether (sulfide) groups is 1. The highest BCUT2D eigenvalue weighted by Crippen LogP contribution is 2.31. The van der Waals surface area contributed by atoms with Crippen molar-refractivity contribution in [1.29, 1.82) is 0 Å². The van der Waals surface area contributed by atoms with Gasteiger partial charge in [-0.15, -0.1) is 0 Å². The number of fused-ring (bicyclic) bond motifs is 1. The number of aromatic nitrogens is 2. The highest BCUT2D eigenvalue weighted by molar-refractivity contribution is 7.99. The van der Waals surface area contributed by atoms with Crippen molar-refractivity contribution >= 4 is 29.0 Å². The summed E-state index contributed by atoms with van der Waals surface area (Å²) in [5, 5.41) is 0.735. The minimum absolute atomic E-state index is 0.622. The minimum Gasteiger partial charge on any atom is -0.306 e. The molecule has 3 rings (SSSR count). The van der Waals surface area contributed by atoms with Crippen molar-refractivity contribution < 1.29 is 0 Å². The molecule has 2 aromatic rings. The van der Waals surface area contributed by atoms with E-state index in [-0.39, 0.29) is 0 Å². The zero-order valence-electron chi connectivity index (χ0n) is 8.90. The third-order valence-electron chi connectivity index (χ3n) is 3.09. The predicted octanol–water partition coefficient (Wildman–Crippen LogP) is 3.60. The molecular weight excluding hydrogens is 240 g/mol. The summed E-state index contributed by atoms with van der Waals surface area (Å²) >= 11 is 8.16. The van der Waals surface area contributed by atoms with Crippen LogP contribution in [0.1, 0.15) is 24.5 Å². The Kier molecular flexibility index (Phi) is 2.82. The van der Waals surface area contributed by atoms with Gasteiger partial charge < -0.3 is 4.40 Å². The molecule has 0 bridgehead atoms. The van der Waals surface area contributed by atoms with E-state index in [1.807, 2.05) is 34.5 Å². The molecule has 4 heteroatoms. The molecular formula is C12H13ClN2S. The molecule has 0 radical (unpaired) electrons. The maximum absolute atomic E-state index is 6.12. The zero-order valence-corrected chi connectivity index (χ0v) is 10.5. The van der Waals surface area contributed by atoms with Crippen LogP contribution >= 0.6 is 23.4 Å². The maximum atomic E-state index is 6.12. The molecule has 1 aliphatic heterocycles.